The molecule has 0 saturated heterocycles. The summed E-state index contributed by atoms with van der Waals surface area (Å²) in [7, 11) is 0. The van der Waals surface area contributed by atoms with Gasteiger partial charge in [0.05, 0.1) is 11.1 Å². The number of anilines is 1. The van der Waals surface area contributed by atoms with E-state index in [1.54, 1.807) is 0 Å². The maximum atomic E-state index is 5.84. The third kappa shape index (κ3) is 1.56. The fraction of sp³-hybridized carbons (Fsp3) is 0.0714. The molecule has 0 aliphatic heterocycles. The minimum Gasteiger partial charge on any atom is -0.396 e. The fourth-order valence-electron chi connectivity index (χ4n) is 1.98. The molecule has 0 atom stereocenters. The molecule has 0 saturated carbocycles. The minimum atomic E-state index is 0.619. The first kappa shape index (κ1) is 9.90. The average Bonchev–Trinajstić information content (AvgIpc) is 2.74. The number of aryl methyl sites for hydroxylation is 1. The average molecular weight is 224 g/mol. The number of benzene rings is 2. The van der Waals surface area contributed by atoms with Gasteiger partial charge in [0.25, 0.3) is 0 Å². The van der Waals surface area contributed by atoms with Crippen LogP contribution in [-0.2, 0) is 0 Å². The highest BCUT2D eigenvalue weighted by atomic mass is 16.5. The van der Waals surface area contributed by atoms with Gasteiger partial charge < -0.3 is 10.3 Å². The number of nitrogens with zero attached hydrogens (tertiary/aromatic N) is 1. The maximum Gasteiger partial charge on any atom is 0.190 e. The summed E-state index contributed by atoms with van der Waals surface area (Å²) in [5, 5.41) is 5.07. The Labute approximate surface area is 98.8 Å². The molecular formula is C14H12N2O. The van der Waals surface area contributed by atoms with E-state index >= 15 is 0 Å². The van der Waals surface area contributed by atoms with Crippen LogP contribution in [0.5, 0.6) is 0 Å². The second-order valence-electron chi connectivity index (χ2n) is 4.12. The van der Waals surface area contributed by atoms with E-state index in [2.05, 4.69) is 24.2 Å². The van der Waals surface area contributed by atoms with Crippen molar-refractivity contribution in [3.63, 3.8) is 0 Å². The normalized spacial score (nSPS) is 10.9. The van der Waals surface area contributed by atoms with Crippen LogP contribution >= 0.6 is 0 Å². The Morgan fingerprint density at radius 3 is 2.76 bits per heavy atom. The van der Waals surface area contributed by atoms with E-state index in [-0.39, 0.29) is 0 Å². The lowest BCUT2D eigenvalue weighted by Gasteiger charge is -1.98. The van der Waals surface area contributed by atoms with E-state index in [1.807, 2.05) is 30.3 Å². The van der Waals surface area contributed by atoms with Crippen molar-refractivity contribution >= 4 is 16.7 Å². The largest absolute Gasteiger partial charge is 0.396 e. The van der Waals surface area contributed by atoms with Crippen LogP contribution in [-0.4, -0.2) is 5.16 Å². The highest BCUT2D eigenvalue weighted by molar-refractivity contribution is 5.97. The molecule has 2 aromatic carbocycles. The Kier molecular flexibility index (Phi) is 2.11. The summed E-state index contributed by atoms with van der Waals surface area (Å²) in [5.74, 6) is 0. The van der Waals surface area contributed by atoms with Gasteiger partial charge in [0.1, 0.15) is 5.69 Å². The van der Waals surface area contributed by atoms with Crippen LogP contribution in [0.4, 0.5) is 5.69 Å². The molecule has 84 valence electrons. The van der Waals surface area contributed by atoms with E-state index in [0.29, 0.717) is 11.3 Å². The van der Waals surface area contributed by atoms with Gasteiger partial charge in [-0.25, -0.2) is 0 Å². The number of fused-ring (bicyclic) bond motifs is 1. The standard InChI is InChI=1S/C14H12N2O/c1-9-4-2-5-10(8-9)13-11-6-3-7-12(15)14(11)17-16-13/h2-8H,15H2,1H3. The molecule has 0 fully saturated rings. The molecule has 0 aliphatic rings. The van der Waals surface area contributed by atoms with Crippen molar-refractivity contribution < 1.29 is 4.52 Å². The van der Waals surface area contributed by atoms with Crippen LogP contribution in [0.25, 0.3) is 22.2 Å². The predicted octanol–water partition coefficient (Wildman–Crippen LogP) is 3.39. The molecule has 1 heterocycles. The zero-order valence-corrected chi connectivity index (χ0v) is 9.47. The van der Waals surface area contributed by atoms with Crippen molar-refractivity contribution in [1.29, 1.82) is 0 Å². The van der Waals surface area contributed by atoms with Crippen molar-refractivity contribution in [3.05, 3.63) is 48.0 Å². The van der Waals surface area contributed by atoms with Gasteiger partial charge in [-0.1, -0.05) is 35.0 Å². The quantitative estimate of drug-likeness (QED) is 0.644. The van der Waals surface area contributed by atoms with Crippen molar-refractivity contribution in [2.45, 2.75) is 6.92 Å². The third-order valence-corrected chi connectivity index (χ3v) is 2.82. The van der Waals surface area contributed by atoms with Gasteiger partial charge >= 0.3 is 0 Å². The lowest BCUT2D eigenvalue weighted by Crippen LogP contribution is -1.84. The summed E-state index contributed by atoms with van der Waals surface area (Å²) in [5.41, 5.74) is 10.2. The first-order chi connectivity index (χ1) is 8.25. The zero-order chi connectivity index (χ0) is 11.8. The van der Waals surface area contributed by atoms with Crippen LogP contribution in [0.1, 0.15) is 5.56 Å². The summed E-state index contributed by atoms with van der Waals surface area (Å²) in [4.78, 5) is 0. The molecule has 0 radical (unpaired) electrons. The Morgan fingerprint density at radius 2 is 1.94 bits per heavy atom. The van der Waals surface area contributed by atoms with Gasteiger partial charge in [-0.2, -0.15) is 0 Å². The Bertz CT molecular complexity index is 686. The Balaban J connectivity index is 2.28. The second kappa shape index (κ2) is 3.63. The predicted molar refractivity (Wildman–Crippen MR) is 68.6 cm³/mol. The molecule has 3 heteroatoms. The highest BCUT2D eigenvalue weighted by Gasteiger charge is 2.11. The molecular weight excluding hydrogens is 212 g/mol. The molecule has 3 rings (SSSR count). The van der Waals surface area contributed by atoms with E-state index < -0.39 is 0 Å². The van der Waals surface area contributed by atoms with Gasteiger partial charge in [0, 0.05) is 5.56 Å². The molecule has 0 bridgehead atoms. The molecule has 2 N–H and O–H groups in total. The molecule has 1 aromatic heterocycles. The monoisotopic (exact) mass is 224 g/mol. The molecule has 0 aliphatic carbocycles. The van der Waals surface area contributed by atoms with E-state index in [9.17, 15) is 0 Å². The number of nitrogen functional groups attached to an aromatic ring is 1. The van der Waals surface area contributed by atoms with Gasteiger partial charge in [0.2, 0.25) is 0 Å². The number of hydrogen-bond donors (Lipinski definition) is 1. The molecule has 0 spiro atoms. The lowest BCUT2D eigenvalue weighted by atomic mass is 10.1. The third-order valence-electron chi connectivity index (χ3n) is 2.82. The van der Waals surface area contributed by atoms with Crippen molar-refractivity contribution in [3.8, 4) is 11.3 Å². The second-order valence-corrected chi connectivity index (χ2v) is 4.12. The summed E-state index contributed by atoms with van der Waals surface area (Å²) in [6, 6.07) is 13.9. The molecule has 3 aromatic rings. The first-order valence-corrected chi connectivity index (χ1v) is 5.46. The highest BCUT2D eigenvalue weighted by Crippen LogP contribution is 2.30. The van der Waals surface area contributed by atoms with Crippen LogP contribution < -0.4 is 5.73 Å². The summed E-state index contributed by atoms with van der Waals surface area (Å²) < 4.78 is 5.30. The molecule has 0 unspecified atom stereocenters. The lowest BCUT2D eigenvalue weighted by molar-refractivity contribution is 0.460. The number of para-hydroxylation sites is 1. The van der Waals surface area contributed by atoms with Crippen LogP contribution in [0.2, 0.25) is 0 Å². The van der Waals surface area contributed by atoms with Crippen molar-refractivity contribution in [2.24, 2.45) is 0 Å². The Morgan fingerprint density at radius 1 is 1.12 bits per heavy atom. The van der Waals surface area contributed by atoms with Gasteiger partial charge in [-0.3, -0.25) is 0 Å². The number of rotatable bonds is 1. The molecule has 17 heavy (non-hydrogen) atoms. The van der Waals surface area contributed by atoms with E-state index in [4.69, 9.17) is 10.3 Å². The number of aromatic nitrogens is 1. The topological polar surface area (TPSA) is 52.0 Å². The first-order valence-electron chi connectivity index (χ1n) is 5.46. The maximum absolute atomic E-state index is 5.84. The Hall–Kier alpha value is -2.29. The number of hydrogen-bond acceptors (Lipinski definition) is 3. The molecule has 0 amide bonds. The number of nitrogens with two attached hydrogens (primary N) is 1. The fourth-order valence-corrected chi connectivity index (χ4v) is 1.98. The van der Waals surface area contributed by atoms with Gasteiger partial charge in [-0.15, -0.1) is 0 Å². The molecule has 3 nitrogen and oxygen atoms in total. The van der Waals surface area contributed by atoms with Crippen LogP contribution in [0, 0.1) is 6.92 Å². The summed E-state index contributed by atoms with van der Waals surface area (Å²) in [6.45, 7) is 2.06. The smallest absolute Gasteiger partial charge is 0.190 e. The van der Waals surface area contributed by atoms with Gasteiger partial charge in [0.15, 0.2) is 5.58 Å². The van der Waals surface area contributed by atoms with Crippen molar-refractivity contribution in [2.75, 3.05) is 5.73 Å². The van der Waals surface area contributed by atoms with Crippen molar-refractivity contribution in [1.82, 2.24) is 5.16 Å². The van der Waals surface area contributed by atoms with Crippen LogP contribution in [0.15, 0.2) is 47.0 Å². The van der Waals surface area contributed by atoms with E-state index in [1.165, 1.54) is 5.56 Å². The minimum absolute atomic E-state index is 0.619. The zero-order valence-electron chi connectivity index (χ0n) is 9.47. The van der Waals surface area contributed by atoms with E-state index in [0.717, 1.165) is 16.6 Å². The summed E-state index contributed by atoms with van der Waals surface area (Å²) in [6.07, 6.45) is 0. The summed E-state index contributed by atoms with van der Waals surface area (Å²) >= 11 is 0. The van der Waals surface area contributed by atoms with Crippen LogP contribution in [0.3, 0.4) is 0 Å². The SMILES string of the molecule is Cc1cccc(-c2noc3c(N)cccc23)c1. The van der Waals surface area contributed by atoms with Gasteiger partial charge in [-0.05, 0) is 25.1 Å².